The standard InChI is InChI=1S/C23H26N6O/c1-3-29-21-10-5-4-7-19(21)26-23(29)16-28-11-12-30-22(15-28)20-9-6-8-18(25-20)17-13-24-27(2)14-17/h4-10,13-14,22H,3,11-12,15-16H2,1-2H3/t22-/m0/s1. The molecule has 3 aromatic heterocycles. The summed E-state index contributed by atoms with van der Waals surface area (Å²) in [4.78, 5) is 12.2. The second-order valence-corrected chi connectivity index (χ2v) is 7.71. The van der Waals surface area contributed by atoms with Crippen LogP contribution >= 0.6 is 0 Å². The number of aryl methyl sites for hydroxylation is 2. The molecule has 30 heavy (non-hydrogen) atoms. The third kappa shape index (κ3) is 3.62. The van der Waals surface area contributed by atoms with Crippen LogP contribution in [-0.4, -0.2) is 48.9 Å². The molecule has 0 radical (unpaired) electrons. The first-order valence-electron chi connectivity index (χ1n) is 10.5. The van der Waals surface area contributed by atoms with Gasteiger partial charge >= 0.3 is 0 Å². The van der Waals surface area contributed by atoms with Crippen LogP contribution in [0.15, 0.2) is 54.9 Å². The molecule has 1 fully saturated rings. The Balaban J connectivity index is 1.36. The van der Waals surface area contributed by atoms with Crippen LogP contribution in [0.5, 0.6) is 0 Å². The van der Waals surface area contributed by atoms with Gasteiger partial charge in [-0.1, -0.05) is 18.2 Å². The zero-order valence-electron chi connectivity index (χ0n) is 17.4. The molecular weight excluding hydrogens is 376 g/mol. The highest BCUT2D eigenvalue weighted by Crippen LogP contribution is 2.25. The smallest absolute Gasteiger partial charge is 0.124 e. The Labute approximate surface area is 175 Å². The fourth-order valence-electron chi connectivity index (χ4n) is 4.17. The van der Waals surface area contributed by atoms with E-state index in [0.29, 0.717) is 6.61 Å². The van der Waals surface area contributed by atoms with E-state index in [1.165, 1.54) is 5.52 Å². The lowest BCUT2D eigenvalue weighted by Crippen LogP contribution is -2.38. The van der Waals surface area contributed by atoms with Gasteiger partial charge in [0, 0.05) is 38.4 Å². The normalized spacial score (nSPS) is 17.6. The van der Waals surface area contributed by atoms with E-state index in [1.54, 1.807) is 4.68 Å². The number of hydrogen-bond acceptors (Lipinski definition) is 5. The minimum atomic E-state index is -0.0465. The van der Waals surface area contributed by atoms with Gasteiger partial charge in [-0.3, -0.25) is 9.58 Å². The lowest BCUT2D eigenvalue weighted by molar-refractivity contribution is -0.0359. The number of imidazole rings is 1. The van der Waals surface area contributed by atoms with E-state index >= 15 is 0 Å². The number of fused-ring (bicyclic) bond motifs is 1. The first-order chi connectivity index (χ1) is 14.7. The van der Waals surface area contributed by atoms with Crippen LogP contribution < -0.4 is 0 Å². The Morgan fingerprint density at radius 3 is 2.83 bits per heavy atom. The quantitative estimate of drug-likeness (QED) is 0.512. The Kier molecular flexibility index (Phi) is 5.06. The van der Waals surface area contributed by atoms with Gasteiger partial charge in [-0.05, 0) is 31.2 Å². The average molecular weight is 403 g/mol. The van der Waals surface area contributed by atoms with Crippen molar-refractivity contribution in [1.82, 2.24) is 29.2 Å². The summed E-state index contributed by atoms with van der Waals surface area (Å²) in [6.07, 6.45) is 3.78. The van der Waals surface area contributed by atoms with Crippen molar-refractivity contribution in [2.75, 3.05) is 19.7 Å². The second kappa shape index (κ2) is 8.01. The number of hydrogen-bond donors (Lipinski definition) is 0. The van der Waals surface area contributed by atoms with Crippen molar-refractivity contribution in [3.63, 3.8) is 0 Å². The number of rotatable bonds is 5. The molecule has 154 valence electrons. The Hall–Kier alpha value is -3.03. The van der Waals surface area contributed by atoms with Crippen LogP contribution in [-0.2, 0) is 24.9 Å². The fourth-order valence-corrected chi connectivity index (χ4v) is 4.17. The van der Waals surface area contributed by atoms with Crippen LogP contribution in [0.3, 0.4) is 0 Å². The highest BCUT2D eigenvalue weighted by Gasteiger charge is 2.25. The molecule has 0 amide bonds. The van der Waals surface area contributed by atoms with Crippen LogP contribution in [0.1, 0.15) is 24.5 Å². The van der Waals surface area contributed by atoms with E-state index < -0.39 is 0 Å². The maximum Gasteiger partial charge on any atom is 0.124 e. The summed E-state index contributed by atoms with van der Waals surface area (Å²) >= 11 is 0. The van der Waals surface area contributed by atoms with Gasteiger partial charge in [-0.2, -0.15) is 5.10 Å². The number of nitrogens with zero attached hydrogens (tertiary/aromatic N) is 6. The first kappa shape index (κ1) is 19.0. The lowest BCUT2D eigenvalue weighted by atomic mass is 10.1. The van der Waals surface area contributed by atoms with E-state index in [1.807, 2.05) is 37.6 Å². The van der Waals surface area contributed by atoms with Gasteiger partial charge in [0.2, 0.25) is 0 Å². The van der Waals surface area contributed by atoms with Crippen molar-refractivity contribution >= 4 is 11.0 Å². The molecule has 7 heteroatoms. The topological polar surface area (TPSA) is 61.0 Å². The number of morpholine rings is 1. The van der Waals surface area contributed by atoms with Gasteiger partial charge in [-0.25, -0.2) is 9.97 Å². The first-order valence-corrected chi connectivity index (χ1v) is 10.5. The molecule has 0 unspecified atom stereocenters. The molecule has 0 saturated carbocycles. The summed E-state index contributed by atoms with van der Waals surface area (Å²) in [5, 5.41) is 4.26. The van der Waals surface area contributed by atoms with Crippen LogP contribution in [0, 0.1) is 0 Å². The van der Waals surface area contributed by atoms with Crippen molar-refractivity contribution < 1.29 is 4.74 Å². The molecule has 5 rings (SSSR count). The fraction of sp³-hybridized carbons (Fsp3) is 0.348. The molecule has 1 aliphatic rings. The van der Waals surface area contributed by atoms with Gasteiger partial charge < -0.3 is 9.30 Å². The molecule has 1 saturated heterocycles. The highest BCUT2D eigenvalue weighted by molar-refractivity contribution is 5.75. The average Bonchev–Trinajstić information content (AvgIpc) is 3.37. The SMILES string of the molecule is CCn1c(CN2CCO[C@H](c3cccc(-c4cnn(C)c4)n3)C2)nc2ccccc21. The Morgan fingerprint density at radius 1 is 1.10 bits per heavy atom. The number of ether oxygens (including phenoxy) is 1. The molecule has 4 heterocycles. The third-order valence-electron chi connectivity index (χ3n) is 5.67. The Bertz CT molecular complexity index is 1160. The Morgan fingerprint density at radius 2 is 2.00 bits per heavy atom. The van der Waals surface area contributed by atoms with Crippen molar-refractivity contribution in [2.45, 2.75) is 26.1 Å². The second-order valence-electron chi connectivity index (χ2n) is 7.71. The largest absolute Gasteiger partial charge is 0.369 e. The van der Waals surface area contributed by atoms with Gasteiger partial charge in [0.1, 0.15) is 11.9 Å². The van der Waals surface area contributed by atoms with E-state index in [-0.39, 0.29) is 6.10 Å². The van der Waals surface area contributed by atoms with Crippen molar-refractivity contribution in [3.05, 3.63) is 66.4 Å². The molecule has 7 nitrogen and oxygen atoms in total. The molecule has 1 atom stereocenters. The monoisotopic (exact) mass is 402 g/mol. The minimum Gasteiger partial charge on any atom is -0.369 e. The van der Waals surface area contributed by atoms with Crippen LogP contribution in [0.4, 0.5) is 0 Å². The van der Waals surface area contributed by atoms with E-state index in [0.717, 1.165) is 54.5 Å². The van der Waals surface area contributed by atoms with E-state index in [9.17, 15) is 0 Å². The number of benzene rings is 1. The summed E-state index contributed by atoms with van der Waals surface area (Å²) in [5.74, 6) is 1.11. The van der Waals surface area contributed by atoms with Crippen LogP contribution in [0.25, 0.3) is 22.3 Å². The number of pyridine rings is 1. The summed E-state index contributed by atoms with van der Waals surface area (Å²) in [6.45, 7) is 6.29. The summed E-state index contributed by atoms with van der Waals surface area (Å²) in [5.41, 5.74) is 5.17. The summed E-state index contributed by atoms with van der Waals surface area (Å²) in [6, 6.07) is 14.5. The molecule has 1 aromatic carbocycles. The van der Waals surface area contributed by atoms with Gasteiger partial charge in [0.05, 0.1) is 41.8 Å². The number of para-hydroxylation sites is 2. The predicted octanol–water partition coefficient (Wildman–Crippen LogP) is 3.43. The predicted molar refractivity (Wildman–Crippen MR) is 116 cm³/mol. The number of aromatic nitrogens is 5. The van der Waals surface area contributed by atoms with Crippen molar-refractivity contribution in [2.24, 2.45) is 7.05 Å². The molecule has 0 aliphatic carbocycles. The van der Waals surface area contributed by atoms with E-state index in [4.69, 9.17) is 14.7 Å². The van der Waals surface area contributed by atoms with Crippen LogP contribution in [0.2, 0.25) is 0 Å². The molecule has 0 bridgehead atoms. The van der Waals surface area contributed by atoms with Crippen molar-refractivity contribution in [3.8, 4) is 11.3 Å². The van der Waals surface area contributed by atoms with Gasteiger partial charge in [-0.15, -0.1) is 0 Å². The zero-order valence-corrected chi connectivity index (χ0v) is 17.4. The third-order valence-corrected chi connectivity index (χ3v) is 5.67. The minimum absolute atomic E-state index is 0.0465. The maximum atomic E-state index is 6.09. The zero-order chi connectivity index (χ0) is 20.5. The van der Waals surface area contributed by atoms with Crippen molar-refractivity contribution in [1.29, 1.82) is 0 Å². The molecule has 0 spiro atoms. The molecule has 1 aliphatic heterocycles. The van der Waals surface area contributed by atoms with Gasteiger partial charge in [0.15, 0.2) is 0 Å². The highest BCUT2D eigenvalue weighted by atomic mass is 16.5. The molecule has 0 N–H and O–H groups in total. The lowest BCUT2D eigenvalue weighted by Gasteiger charge is -2.32. The van der Waals surface area contributed by atoms with E-state index in [2.05, 4.69) is 45.8 Å². The molecule has 4 aromatic rings. The molecular formula is C23H26N6O. The maximum absolute atomic E-state index is 6.09. The summed E-state index contributed by atoms with van der Waals surface area (Å²) < 4.78 is 10.2. The summed E-state index contributed by atoms with van der Waals surface area (Å²) in [7, 11) is 1.92. The van der Waals surface area contributed by atoms with Gasteiger partial charge in [0.25, 0.3) is 0 Å².